The molecule has 0 aliphatic rings. The zero-order valence-electron chi connectivity index (χ0n) is 21.8. The van der Waals surface area contributed by atoms with Crippen LogP contribution in [0, 0.1) is 18.4 Å². The minimum atomic E-state index is -1.34. The maximum atomic E-state index is 13.6. The Kier molecular flexibility index (Phi) is 11.8. The predicted octanol–water partition coefficient (Wildman–Crippen LogP) is 2.86. The first-order valence-electron chi connectivity index (χ1n) is 11.8. The van der Waals surface area contributed by atoms with Crippen LogP contribution < -0.4 is 10.6 Å². The van der Waals surface area contributed by atoms with Crippen molar-refractivity contribution < 1.29 is 33.8 Å². The van der Waals surface area contributed by atoms with E-state index >= 15 is 0 Å². The Morgan fingerprint density at radius 1 is 1.19 bits per heavy atom. The molecule has 198 valence electrons. The zero-order chi connectivity index (χ0) is 27.5. The summed E-state index contributed by atoms with van der Waals surface area (Å²) in [4.78, 5) is 51.7. The molecule has 0 bridgehead atoms. The molecular formula is C26H37N3O7. The number of amides is 3. The lowest BCUT2D eigenvalue weighted by atomic mass is 9.99. The second kappa shape index (κ2) is 14.0. The number of carbonyl (C=O) groups is 4. The maximum Gasteiger partial charge on any atom is 0.408 e. The second-order valence-corrected chi connectivity index (χ2v) is 9.51. The molecular weight excluding hydrogens is 466 g/mol. The van der Waals surface area contributed by atoms with E-state index in [4.69, 9.17) is 15.9 Å². The molecule has 0 saturated carbocycles. The van der Waals surface area contributed by atoms with Crippen molar-refractivity contribution in [3.8, 4) is 18.2 Å². The van der Waals surface area contributed by atoms with Crippen LogP contribution in [0.4, 0.5) is 4.79 Å². The number of phenols is 1. The Bertz CT molecular complexity index is 963. The zero-order valence-corrected chi connectivity index (χ0v) is 21.8. The van der Waals surface area contributed by atoms with Crippen LogP contribution >= 0.6 is 0 Å². The Balaban J connectivity index is 3.28. The van der Waals surface area contributed by atoms with Gasteiger partial charge in [-0.15, -0.1) is 0 Å². The molecule has 0 aliphatic carbocycles. The number of phenolic OH excluding ortho intramolecular Hbond substituents is 1. The van der Waals surface area contributed by atoms with E-state index in [0.717, 1.165) is 4.90 Å². The first-order valence-corrected chi connectivity index (χ1v) is 11.8. The average Bonchev–Trinajstić information content (AvgIpc) is 2.74. The molecule has 1 rings (SSSR count). The predicted molar refractivity (Wildman–Crippen MR) is 133 cm³/mol. The fourth-order valence-corrected chi connectivity index (χ4v) is 3.31. The third-order valence-electron chi connectivity index (χ3n) is 4.70. The molecule has 0 fully saturated rings. The highest BCUT2D eigenvalue weighted by molar-refractivity contribution is 5.93. The highest BCUT2D eigenvalue weighted by Gasteiger charge is 2.36. The molecule has 2 unspecified atom stereocenters. The molecule has 0 radical (unpaired) electrons. The number of terminal acetylenes is 1. The van der Waals surface area contributed by atoms with Gasteiger partial charge in [-0.05, 0) is 57.7 Å². The lowest BCUT2D eigenvalue weighted by Crippen LogP contribution is -2.52. The fraction of sp³-hybridized carbons (Fsp3) is 0.538. The van der Waals surface area contributed by atoms with E-state index in [0.29, 0.717) is 0 Å². The van der Waals surface area contributed by atoms with E-state index in [2.05, 4.69) is 16.7 Å². The molecule has 10 heteroatoms. The van der Waals surface area contributed by atoms with Crippen LogP contribution in [0.1, 0.15) is 66.0 Å². The SMILES string of the molecule is C#CN(C(=O)C(CC(C)C)NC(=O)OC(C)(C)C)C(C(=O)NCCC(=O)OCC)c1cccc(O)c1. The van der Waals surface area contributed by atoms with Gasteiger partial charge in [-0.25, -0.2) is 4.79 Å². The summed E-state index contributed by atoms with van der Waals surface area (Å²) in [7, 11) is 0. The number of ether oxygens (including phenoxy) is 2. The number of benzene rings is 1. The van der Waals surface area contributed by atoms with E-state index in [1.54, 1.807) is 27.7 Å². The standard InChI is InChI=1S/C26H37N3O7/c1-8-29(24(33)20(15-17(3)4)28-25(34)36-26(5,6)7)22(18-11-10-12-19(30)16-18)23(32)27-14-13-21(31)35-9-2/h1,10-12,16-17,20,22,30H,9,13-15H2,2-7H3,(H,27,32)(H,28,34). The minimum Gasteiger partial charge on any atom is -0.508 e. The Labute approximate surface area is 212 Å². The second-order valence-electron chi connectivity index (χ2n) is 9.51. The van der Waals surface area contributed by atoms with E-state index in [1.165, 1.54) is 24.3 Å². The number of nitrogens with one attached hydrogen (secondary N) is 2. The molecule has 0 aliphatic heterocycles. The summed E-state index contributed by atoms with van der Waals surface area (Å²) in [6, 6.07) is 5.59. The molecule has 0 saturated heterocycles. The van der Waals surface area contributed by atoms with Crippen LogP contribution in [0.15, 0.2) is 24.3 Å². The summed E-state index contributed by atoms with van der Waals surface area (Å²) in [6.07, 6.45) is 5.05. The van der Waals surface area contributed by atoms with Gasteiger partial charge in [0, 0.05) is 12.6 Å². The summed E-state index contributed by atoms with van der Waals surface area (Å²) < 4.78 is 10.1. The first-order chi connectivity index (χ1) is 16.8. The first kappa shape index (κ1) is 30.3. The van der Waals surface area contributed by atoms with Crippen LogP contribution in [-0.2, 0) is 23.9 Å². The molecule has 3 amide bonds. The Hall–Kier alpha value is -3.74. The lowest BCUT2D eigenvalue weighted by Gasteiger charge is -2.31. The summed E-state index contributed by atoms with van der Waals surface area (Å²) in [5.74, 6) is -2.00. The smallest absolute Gasteiger partial charge is 0.408 e. The number of nitrogens with zero attached hydrogens (tertiary/aromatic N) is 1. The van der Waals surface area contributed by atoms with Crippen molar-refractivity contribution in [2.75, 3.05) is 13.2 Å². The molecule has 1 aromatic carbocycles. The van der Waals surface area contributed by atoms with Crippen molar-refractivity contribution in [2.24, 2.45) is 5.92 Å². The average molecular weight is 504 g/mol. The van der Waals surface area contributed by atoms with Crippen molar-refractivity contribution in [3.63, 3.8) is 0 Å². The fourth-order valence-electron chi connectivity index (χ4n) is 3.31. The van der Waals surface area contributed by atoms with E-state index in [9.17, 15) is 24.3 Å². The van der Waals surface area contributed by atoms with Crippen LogP contribution in [0.3, 0.4) is 0 Å². The number of aromatic hydroxyl groups is 1. The van der Waals surface area contributed by atoms with Crippen molar-refractivity contribution in [3.05, 3.63) is 29.8 Å². The van der Waals surface area contributed by atoms with Crippen molar-refractivity contribution in [2.45, 2.75) is 72.1 Å². The van der Waals surface area contributed by atoms with Crippen LogP contribution in [0.25, 0.3) is 0 Å². The Morgan fingerprint density at radius 2 is 1.86 bits per heavy atom. The monoisotopic (exact) mass is 503 g/mol. The van der Waals surface area contributed by atoms with Crippen molar-refractivity contribution in [1.82, 2.24) is 15.5 Å². The third-order valence-corrected chi connectivity index (χ3v) is 4.70. The molecule has 0 spiro atoms. The van der Waals surface area contributed by atoms with Gasteiger partial charge in [0.15, 0.2) is 0 Å². The summed E-state index contributed by atoms with van der Waals surface area (Å²) in [5, 5.41) is 15.1. The molecule has 1 aromatic rings. The minimum absolute atomic E-state index is 0.00821. The highest BCUT2D eigenvalue weighted by atomic mass is 16.6. The van der Waals surface area contributed by atoms with Gasteiger partial charge in [0.25, 0.3) is 5.91 Å². The van der Waals surface area contributed by atoms with Gasteiger partial charge < -0.3 is 25.2 Å². The van der Waals surface area contributed by atoms with Gasteiger partial charge in [-0.3, -0.25) is 19.3 Å². The van der Waals surface area contributed by atoms with E-state index < -0.39 is 41.6 Å². The van der Waals surface area contributed by atoms with Gasteiger partial charge in [-0.2, -0.15) is 0 Å². The van der Waals surface area contributed by atoms with Crippen LogP contribution in [0.2, 0.25) is 0 Å². The largest absolute Gasteiger partial charge is 0.508 e. The summed E-state index contributed by atoms with van der Waals surface area (Å²) >= 11 is 0. The quantitative estimate of drug-likeness (QED) is 0.240. The van der Waals surface area contributed by atoms with E-state index in [-0.39, 0.29) is 43.2 Å². The number of hydrogen-bond acceptors (Lipinski definition) is 7. The highest BCUT2D eigenvalue weighted by Crippen LogP contribution is 2.26. The van der Waals surface area contributed by atoms with Gasteiger partial charge in [0.2, 0.25) is 5.91 Å². The molecule has 36 heavy (non-hydrogen) atoms. The molecule has 3 N–H and O–H groups in total. The van der Waals surface area contributed by atoms with Gasteiger partial charge in [-0.1, -0.05) is 32.4 Å². The number of alkyl carbamates (subject to hydrolysis) is 1. The number of esters is 1. The van der Waals surface area contributed by atoms with Crippen molar-refractivity contribution in [1.29, 1.82) is 0 Å². The Morgan fingerprint density at radius 3 is 2.39 bits per heavy atom. The molecule has 2 atom stereocenters. The van der Waals surface area contributed by atoms with Gasteiger partial charge in [0.05, 0.1) is 13.0 Å². The van der Waals surface area contributed by atoms with Crippen molar-refractivity contribution >= 4 is 23.9 Å². The topological polar surface area (TPSA) is 134 Å². The molecule has 0 heterocycles. The maximum absolute atomic E-state index is 13.6. The van der Waals surface area contributed by atoms with Crippen LogP contribution in [-0.4, -0.2) is 58.7 Å². The summed E-state index contributed by atoms with van der Waals surface area (Å²) in [5.41, 5.74) is -0.542. The lowest BCUT2D eigenvalue weighted by molar-refractivity contribution is -0.143. The number of rotatable bonds is 11. The number of hydrogen-bond donors (Lipinski definition) is 3. The third kappa shape index (κ3) is 10.3. The number of carbonyl (C=O) groups excluding carboxylic acids is 4. The van der Waals surface area contributed by atoms with Crippen LogP contribution in [0.5, 0.6) is 5.75 Å². The molecule has 10 nitrogen and oxygen atoms in total. The normalized spacial score (nSPS) is 12.6. The van der Waals surface area contributed by atoms with Gasteiger partial charge in [0.1, 0.15) is 23.4 Å². The molecule has 0 aromatic heterocycles. The van der Waals surface area contributed by atoms with Gasteiger partial charge >= 0.3 is 12.1 Å². The van der Waals surface area contributed by atoms with E-state index in [1.807, 2.05) is 13.8 Å². The summed E-state index contributed by atoms with van der Waals surface area (Å²) in [6.45, 7) is 10.6.